The van der Waals surface area contributed by atoms with Gasteiger partial charge in [0.25, 0.3) is 0 Å². The third kappa shape index (κ3) is 2.76. The van der Waals surface area contributed by atoms with Crippen LogP contribution in [-0.4, -0.2) is 26.2 Å². The topological polar surface area (TPSA) is 15.3 Å². The molecule has 0 radical (unpaired) electrons. The van der Waals surface area contributed by atoms with Gasteiger partial charge in [-0.05, 0) is 35.4 Å². The van der Waals surface area contributed by atoms with Crippen LogP contribution in [0, 0.1) is 5.82 Å². The van der Waals surface area contributed by atoms with Crippen LogP contribution in [0.25, 0.3) is 11.1 Å². The lowest BCUT2D eigenvalue weighted by Crippen LogP contribution is -2.43. The van der Waals surface area contributed by atoms with Gasteiger partial charge in [0, 0.05) is 31.9 Å². The van der Waals surface area contributed by atoms with Crippen LogP contribution >= 0.6 is 0 Å². The summed E-state index contributed by atoms with van der Waals surface area (Å²) in [5, 5.41) is 3.35. The second-order valence-corrected chi connectivity index (χ2v) is 4.79. The van der Waals surface area contributed by atoms with Gasteiger partial charge in [-0.25, -0.2) is 4.39 Å². The molecule has 1 aliphatic rings. The molecule has 2 aromatic carbocycles. The van der Waals surface area contributed by atoms with Crippen molar-refractivity contribution in [3.8, 4) is 11.1 Å². The molecular formula is C16H17FN2. The molecule has 0 aromatic heterocycles. The van der Waals surface area contributed by atoms with Crippen molar-refractivity contribution in [2.45, 2.75) is 0 Å². The van der Waals surface area contributed by atoms with Crippen molar-refractivity contribution >= 4 is 5.69 Å². The van der Waals surface area contributed by atoms with Crippen LogP contribution < -0.4 is 10.2 Å². The summed E-state index contributed by atoms with van der Waals surface area (Å²) < 4.78 is 13.0. The van der Waals surface area contributed by atoms with Gasteiger partial charge in [-0.2, -0.15) is 0 Å². The summed E-state index contributed by atoms with van der Waals surface area (Å²) in [5.74, 6) is -0.193. The fraction of sp³-hybridized carbons (Fsp3) is 0.250. The highest BCUT2D eigenvalue weighted by Gasteiger charge is 2.10. The number of hydrogen-bond acceptors (Lipinski definition) is 2. The van der Waals surface area contributed by atoms with Gasteiger partial charge in [0.1, 0.15) is 5.82 Å². The van der Waals surface area contributed by atoms with Crippen LogP contribution in [0.5, 0.6) is 0 Å². The van der Waals surface area contributed by atoms with Crippen molar-refractivity contribution in [2.75, 3.05) is 31.1 Å². The highest BCUT2D eigenvalue weighted by atomic mass is 19.1. The van der Waals surface area contributed by atoms with Gasteiger partial charge in [-0.15, -0.1) is 0 Å². The van der Waals surface area contributed by atoms with E-state index in [9.17, 15) is 4.39 Å². The normalized spacial score (nSPS) is 15.5. The fourth-order valence-electron chi connectivity index (χ4n) is 2.45. The lowest BCUT2D eigenvalue weighted by molar-refractivity contribution is 0.589. The number of anilines is 1. The van der Waals surface area contributed by atoms with Crippen molar-refractivity contribution in [2.24, 2.45) is 0 Å². The quantitative estimate of drug-likeness (QED) is 0.888. The van der Waals surface area contributed by atoms with E-state index in [4.69, 9.17) is 0 Å². The monoisotopic (exact) mass is 256 g/mol. The van der Waals surface area contributed by atoms with Gasteiger partial charge in [0.15, 0.2) is 0 Å². The Bertz CT molecular complexity index is 545. The Kier molecular flexibility index (Phi) is 3.47. The molecule has 3 heteroatoms. The Morgan fingerprint density at radius 2 is 1.63 bits per heavy atom. The Balaban J connectivity index is 1.88. The van der Waals surface area contributed by atoms with E-state index in [0.29, 0.717) is 0 Å². The smallest absolute Gasteiger partial charge is 0.123 e. The molecule has 1 heterocycles. The molecule has 0 amide bonds. The van der Waals surface area contributed by atoms with Crippen molar-refractivity contribution in [3.05, 3.63) is 54.3 Å². The standard InChI is InChI=1S/C16H17FN2/c17-15-6-4-13(5-7-15)14-2-1-3-16(12-14)19-10-8-18-9-11-19/h1-7,12,18H,8-11H2. The van der Waals surface area contributed by atoms with Gasteiger partial charge < -0.3 is 10.2 Å². The van der Waals surface area contributed by atoms with Crippen LogP contribution in [0.3, 0.4) is 0 Å². The summed E-state index contributed by atoms with van der Waals surface area (Å²) in [5.41, 5.74) is 3.43. The van der Waals surface area contributed by atoms with Crippen LogP contribution in [0.4, 0.5) is 10.1 Å². The van der Waals surface area contributed by atoms with Gasteiger partial charge in [-0.3, -0.25) is 0 Å². The maximum atomic E-state index is 13.0. The summed E-state index contributed by atoms with van der Waals surface area (Å²) in [6.07, 6.45) is 0. The molecule has 1 fully saturated rings. The van der Waals surface area contributed by atoms with Crippen molar-refractivity contribution in [1.82, 2.24) is 5.32 Å². The summed E-state index contributed by atoms with van der Waals surface area (Å²) >= 11 is 0. The second-order valence-electron chi connectivity index (χ2n) is 4.79. The molecule has 1 aliphatic heterocycles. The Labute approximate surface area is 112 Å². The second kappa shape index (κ2) is 5.41. The van der Waals surface area contributed by atoms with Crippen LogP contribution in [0.2, 0.25) is 0 Å². The molecule has 0 unspecified atom stereocenters. The molecule has 0 bridgehead atoms. The minimum absolute atomic E-state index is 0.193. The van der Waals surface area contributed by atoms with E-state index >= 15 is 0 Å². The summed E-state index contributed by atoms with van der Waals surface area (Å²) in [6, 6.07) is 15.1. The van der Waals surface area contributed by atoms with Crippen molar-refractivity contribution in [1.29, 1.82) is 0 Å². The third-order valence-corrected chi connectivity index (χ3v) is 3.51. The fourth-order valence-corrected chi connectivity index (χ4v) is 2.45. The minimum atomic E-state index is -0.193. The van der Waals surface area contributed by atoms with Crippen LogP contribution in [-0.2, 0) is 0 Å². The minimum Gasteiger partial charge on any atom is -0.369 e. The first-order chi connectivity index (χ1) is 9.33. The molecule has 0 spiro atoms. The number of nitrogens with zero attached hydrogens (tertiary/aromatic N) is 1. The molecule has 3 rings (SSSR count). The highest BCUT2D eigenvalue weighted by Crippen LogP contribution is 2.25. The largest absolute Gasteiger partial charge is 0.369 e. The zero-order chi connectivity index (χ0) is 13.1. The van der Waals surface area contributed by atoms with E-state index in [1.165, 1.54) is 17.8 Å². The van der Waals surface area contributed by atoms with Crippen molar-refractivity contribution < 1.29 is 4.39 Å². The Hall–Kier alpha value is -1.87. The number of hydrogen-bond donors (Lipinski definition) is 1. The number of nitrogens with one attached hydrogen (secondary N) is 1. The lowest BCUT2D eigenvalue weighted by atomic mass is 10.0. The van der Waals surface area contributed by atoms with Gasteiger partial charge in [0.2, 0.25) is 0 Å². The maximum absolute atomic E-state index is 13.0. The van der Waals surface area contributed by atoms with E-state index in [2.05, 4.69) is 34.5 Å². The molecule has 1 saturated heterocycles. The van der Waals surface area contributed by atoms with Gasteiger partial charge in [-0.1, -0.05) is 24.3 Å². The highest BCUT2D eigenvalue weighted by molar-refractivity contribution is 5.68. The van der Waals surface area contributed by atoms with E-state index in [-0.39, 0.29) is 5.82 Å². The predicted octanol–water partition coefficient (Wildman–Crippen LogP) is 2.90. The number of benzene rings is 2. The summed E-state index contributed by atoms with van der Waals surface area (Å²) in [6.45, 7) is 4.13. The molecule has 98 valence electrons. The average molecular weight is 256 g/mol. The number of halogens is 1. The van der Waals surface area contributed by atoms with Gasteiger partial charge >= 0.3 is 0 Å². The zero-order valence-corrected chi connectivity index (χ0v) is 10.8. The first-order valence-corrected chi connectivity index (χ1v) is 6.64. The third-order valence-electron chi connectivity index (χ3n) is 3.51. The number of rotatable bonds is 2. The maximum Gasteiger partial charge on any atom is 0.123 e. The number of piperazine rings is 1. The molecule has 0 aliphatic carbocycles. The Morgan fingerprint density at radius 1 is 0.895 bits per heavy atom. The molecule has 1 N–H and O–H groups in total. The zero-order valence-electron chi connectivity index (χ0n) is 10.8. The van der Waals surface area contributed by atoms with Gasteiger partial charge in [0.05, 0.1) is 0 Å². The molecule has 2 aromatic rings. The van der Waals surface area contributed by atoms with E-state index in [1.54, 1.807) is 0 Å². The van der Waals surface area contributed by atoms with E-state index < -0.39 is 0 Å². The predicted molar refractivity (Wildman–Crippen MR) is 76.9 cm³/mol. The van der Waals surface area contributed by atoms with E-state index in [0.717, 1.165) is 37.3 Å². The molecule has 0 atom stereocenters. The first-order valence-electron chi connectivity index (χ1n) is 6.64. The average Bonchev–Trinajstić information content (AvgIpc) is 2.49. The van der Waals surface area contributed by atoms with Crippen molar-refractivity contribution in [3.63, 3.8) is 0 Å². The molecule has 19 heavy (non-hydrogen) atoms. The SMILES string of the molecule is Fc1ccc(-c2cccc(N3CCNCC3)c2)cc1. The van der Waals surface area contributed by atoms with E-state index in [1.807, 2.05) is 12.1 Å². The summed E-state index contributed by atoms with van der Waals surface area (Å²) in [4.78, 5) is 2.38. The molecule has 2 nitrogen and oxygen atoms in total. The van der Waals surface area contributed by atoms with Crippen LogP contribution in [0.1, 0.15) is 0 Å². The lowest BCUT2D eigenvalue weighted by Gasteiger charge is -2.29. The van der Waals surface area contributed by atoms with Crippen LogP contribution in [0.15, 0.2) is 48.5 Å². The summed E-state index contributed by atoms with van der Waals surface area (Å²) in [7, 11) is 0. The molecule has 0 saturated carbocycles. The molecular weight excluding hydrogens is 239 g/mol. The first kappa shape index (κ1) is 12.2. The Morgan fingerprint density at radius 3 is 2.37 bits per heavy atom.